The zero-order valence-corrected chi connectivity index (χ0v) is 9.11. The van der Waals surface area contributed by atoms with Crippen LogP contribution in [0.5, 0.6) is 0 Å². The third-order valence-corrected chi connectivity index (χ3v) is 3.85. The highest BCUT2D eigenvalue weighted by atomic mass is 35.5. The molecule has 0 amide bonds. The molecule has 0 radical (unpaired) electrons. The summed E-state index contributed by atoms with van der Waals surface area (Å²) in [4.78, 5) is 0. The van der Waals surface area contributed by atoms with Gasteiger partial charge >= 0.3 is 0 Å². The first-order valence-corrected chi connectivity index (χ1v) is 5.79. The van der Waals surface area contributed by atoms with E-state index in [1.54, 1.807) is 0 Å². The summed E-state index contributed by atoms with van der Waals surface area (Å²) in [6, 6.07) is 0. The SMILES string of the molecule is CC(C)C(Cl)C1CCCCCC1. The van der Waals surface area contributed by atoms with Crippen molar-refractivity contribution in [3.05, 3.63) is 0 Å². The second-order valence-corrected chi connectivity index (χ2v) is 4.94. The quantitative estimate of drug-likeness (QED) is 0.450. The van der Waals surface area contributed by atoms with Gasteiger partial charge < -0.3 is 0 Å². The van der Waals surface area contributed by atoms with Crippen molar-refractivity contribution in [1.29, 1.82) is 0 Å². The molecule has 1 heteroatoms. The van der Waals surface area contributed by atoms with Crippen LogP contribution >= 0.6 is 11.6 Å². The van der Waals surface area contributed by atoms with Gasteiger partial charge in [0, 0.05) is 5.38 Å². The molecule has 0 spiro atoms. The number of hydrogen-bond donors (Lipinski definition) is 0. The Morgan fingerprint density at radius 2 is 1.50 bits per heavy atom. The van der Waals surface area contributed by atoms with Gasteiger partial charge in [-0.1, -0.05) is 39.5 Å². The molecular weight excluding hydrogens is 168 g/mol. The third-order valence-electron chi connectivity index (χ3n) is 2.99. The molecule has 12 heavy (non-hydrogen) atoms. The van der Waals surface area contributed by atoms with Crippen molar-refractivity contribution >= 4 is 11.6 Å². The Labute approximate surface area is 81.7 Å². The van der Waals surface area contributed by atoms with Gasteiger partial charge in [0.2, 0.25) is 0 Å². The Kier molecular flexibility index (Phi) is 4.42. The maximum atomic E-state index is 6.37. The predicted octanol–water partition coefficient (Wildman–Crippen LogP) is 4.22. The van der Waals surface area contributed by atoms with Crippen LogP contribution in [0.15, 0.2) is 0 Å². The van der Waals surface area contributed by atoms with Crippen molar-refractivity contribution in [2.75, 3.05) is 0 Å². The normalized spacial score (nSPS) is 24.0. The van der Waals surface area contributed by atoms with E-state index in [-0.39, 0.29) is 0 Å². The van der Waals surface area contributed by atoms with E-state index >= 15 is 0 Å². The van der Waals surface area contributed by atoms with Crippen LogP contribution in [0.3, 0.4) is 0 Å². The minimum atomic E-state index is 0.420. The first-order valence-electron chi connectivity index (χ1n) is 5.36. The minimum Gasteiger partial charge on any atom is -0.122 e. The Hall–Kier alpha value is 0.290. The molecule has 1 unspecified atom stereocenters. The molecule has 0 aliphatic heterocycles. The molecule has 1 aliphatic carbocycles. The van der Waals surface area contributed by atoms with E-state index in [9.17, 15) is 0 Å². The lowest BCUT2D eigenvalue weighted by Gasteiger charge is -2.23. The molecule has 0 aromatic carbocycles. The number of rotatable bonds is 2. The fourth-order valence-electron chi connectivity index (χ4n) is 2.17. The molecule has 0 N–H and O–H groups in total. The van der Waals surface area contributed by atoms with Crippen LogP contribution in [-0.4, -0.2) is 5.38 Å². The van der Waals surface area contributed by atoms with Crippen molar-refractivity contribution in [2.24, 2.45) is 11.8 Å². The molecule has 0 aromatic heterocycles. The van der Waals surface area contributed by atoms with Gasteiger partial charge in [-0.05, 0) is 24.7 Å². The molecule has 0 aromatic rings. The summed E-state index contributed by atoms with van der Waals surface area (Å²) in [7, 11) is 0. The highest BCUT2D eigenvalue weighted by Crippen LogP contribution is 2.31. The molecule has 0 nitrogen and oxygen atoms in total. The van der Waals surface area contributed by atoms with Crippen LogP contribution in [0.4, 0.5) is 0 Å². The van der Waals surface area contributed by atoms with Crippen molar-refractivity contribution < 1.29 is 0 Å². The van der Waals surface area contributed by atoms with Crippen molar-refractivity contribution in [1.82, 2.24) is 0 Å². The molecule has 72 valence electrons. The zero-order chi connectivity index (χ0) is 8.97. The van der Waals surface area contributed by atoms with Gasteiger partial charge in [-0.2, -0.15) is 0 Å². The topological polar surface area (TPSA) is 0 Å². The lowest BCUT2D eigenvalue weighted by molar-refractivity contribution is 0.378. The zero-order valence-electron chi connectivity index (χ0n) is 8.35. The monoisotopic (exact) mass is 188 g/mol. The fraction of sp³-hybridized carbons (Fsp3) is 1.00. The lowest BCUT2D eigenvalue weighted by atomic mass is 9.90. The Morgan fingerprint density at radius 3 is 1.92 bits per heavy atom. The van der Waals surface area contributed by atoms with Gasteiger partial charge in [0.15, 0.2) is 0 Å². The van der Waals surface area contributed by atoms with Crippen LogP contribution < -0.4 is 0 Å². The van der Waals surface area contributed by atoms with Gasteiger partial charge in [0.1, 0.15) is 0 Å². The van der Waals surface area contributed by atoms with Crippen LogP contribution in [0, 0.1) is 11.8 Å². The average Bonchev–Trinajstić information content (AvgIpc) is 2.30. The third kappa shape index (κ3) is 2.97. The van der Waals surface area contributed by atoms with E-state index in [2.05, 4.69) is 13.8 Å². The van der Waals surface area contributed by atoms with E-state index in [0.29, 0.717) is 11.3 Å². The molecule has 1 aliphatic rings. The molecule has 0 saturated heterocycles. The summed E-state index contributed by atoms with van der Waals surface area (Å²) in [5.41, 5.74) is 0. The highest BCUT2D eigenvalue weighted by molar-refractivity contribution is 6.20. The van der Waals surface area contributed by atoms with Crippen molar-refractivity contribution in [3.63, 3.8) is 0 Å². The van der Waals surface area contributed by atoms with Gasteiger partial charge in [-0.3, -0.25) is 0 Å². The minimum absolute atomic E-state index is 0.420. The number of alkyl halides is 1. The maximum Gasteiger partial charge on any atom is 0.0387 e. The van der Waals surface area contributed by atoms with E-state index in [1.165, 1.54) is 38.5 Å². The molecule has 1 fully saturated rings. The van der Waals surface area contributed by atoms with Gasteiger partial charge in [-0.15, -0.1) is 11.6 Å². The highest BCUT2D eigenvalue weighted by Gasteiger charge is 2.22. The van der Waals surface area contributed by atoms with Crippen LogP contribution in [0.1, 0.15) is 52.4 Å². The van der Waals surface area contributed by atoms with Crippen molar-refractivity contribution in [3.8, 4) is 0 Å². The standard InChI is InChI=1S/C11H21Cl/c1-9(2)11(12)10-7-5-3-4-6-8-10/h9-11H,3-8H2,1-2H3. The molecule has 1 saturated carbocycles. The summed E-state index contributed by atoms with van der Waals surface area (Å²) in [6.45, 7) is 4.48. The number of halogens is 1. The predicted molar refractivity (Wildman–Crippen MR) is 55.7 cm³/mol. The van der Waals surface area contributed by atoms with Crippen molar-refractivity contribution in [2.45, 2.75) is 57.7 Å². The van der Waals surface area contributed by atoms with Crippen LogP contribution in [0.2, 0.25) is 0 Å². The van der Waals surface area contributed by atoms with Crippen LogP contribution in [-0.2, 0) is 0 Å². The molecule has 0 bridgehead atoms. The average molecular weight is 189 g/mol. The summed E-state index contributed by atoms with van der Waals surface area (Å²) < 4.78 is 0. The van der Waals surface area contributed by atoms with Gasteiger partial charge in [0.25, 0.3) is 0 Å². The Balaban J connectivity index is 2.37. The molecule has 0 heterocycles. The van der Waals surface area contributed by atoms with Crippen LogP contribution in [0.25, 0.3) is 0 Å². The smallest absolute Gasteiger partial charge is 0.0387 e. The van der Waals surface area contributed by atoms with E-state index in [0.717, 1.165) is 5.92 Å². The summed E-state index contributed by atoms with van der Waals surface area (Å²) in [6.07, 6.45) is 8.40. The first kappa shape index (κ1) is 10.4. The fourth-order valence-corrected chi connectivity index (χ4v) is 2.43. The summed E-state index contributed by atoms with van der Waals surface area (Å²) in [5, 5.41) is 0.420. The lowest BCUT2D eigenvalue weighted by Crippen LogP contribution is -2.19. The van der Waals surface area contributed by atoms with E-state index in [4.69, 9.17) is 11.6 Å². The second-order valence-electron chi connectivity index (χ2n) is 4.44. The van der Waals surface area contributed by atoms with Gasteiger partial charge in [0.05, 0.1) is 0 Å². The van der Waals surface area contributed by atoms with E-state index < -0.39 is 0 Å². The largest absolute Gasteiger partial charge is 0.122 e. The second kappa shape index (κ2) is 5.11. The molecule has 1 rings (SSSR count). The Bertz CT molecular complexity index is 112. The maximum absolute atomic E-state index is 6.37. The summed E-state index contributed by atoms with van der Waals surface area (Å²) in [5.74, 6) is 1.45. The molecule has 1 atom stereocenters. The number of hydrogen-bond acceptors (Lipinski definition) is 0. The molecular formula is C11H21Cl. The van der Waals surface area contributed by atoms with Gasteiger partial charge in [-0.25, -0.2) is 0 Å². The summed E-state index contributed by atoms with van der Waals surface area (Å²) >= 11 is 6.37. The Morgan fingerprint density at radius 1 is 1.00 bits per heavy atom. The van der Waals surface area contributed by atoms with E-state index in [1.807, 2.05) is 0 Å². The first-order chi connectivity index (χ1) is 5.72.